The predicted molar refractivity (Wildman–Crippen MR) is 29.0 cm³/mol. The van der Waals surface area contributed by atoms with Crippen molar-refractivity contribution >= 4 is 0 Å². The largest absolute Gasteiger partial charge is 0.423 e. The second-order valence-electron chi connectivity index (χ2n) is 2.78. The lowest BCUT2D eigenvalue weighted by Gasteiger charge is -2.38. The van der Waals surface area contributed by atoms with Crippen molar-refractivity contribution in [3.63, 3.8) is 0 Å². The molecule has 0 saturated heterocycles. The van der Waals surface area contributed by atoms with Crippen LogP contribution in [0.15, 0.2) is 11.4 Å². The van der Waals surface area contributed by atoms with E-state index in [0.717, 1.165) is 0 Å². The lowest BCUT2D eigenvalue weighted by Crippen LogP contribution is -2.57. The highest BCUT2D eigenvalue weighted by atomic mass is 19.4. The second-order valence-corrected chi connectivity index (χ2v) is 2.78. The van der Waals surface area contributed by atoms with Gasteiger partial charge < -0.3 is 0 Å². The molecule has 0 aromatic heterocycles. The smallest absolute Gasteiger partial charge is 0.232 e. The molecule has 0 amide bonds. The zero-order valence-electron chi connectivity index (χ0n) is 6.48. The maximum atomic E-state index is 12.2. The molecule has 15 heavy (non-hydrogen) atoms. The zero-order chi connectivity index (χ0) is 12.2. The molecule has 9 heteroatoms. The lowest BCUT2D eigenvalue weighted by atomic mass is 9.84. The topological polar surface area (TPSA) is 0 Å². The Balaban J connectivity index is 3.15. The van der Waals surface area contributed by atoms with Crippen LogP contribution in [0.25, 0.3) is 0 Å². The Hall–Kier alpha value is -0.890. The van der Waals surface area contributed by atoms with Crippen LogP contribution in [-0.2, 0) is 0 Å². The third-order valence-corrected chi connectivity index (χ3v) is 1.79. The van der Waals surface area contributed by atoms with Gasteiger partial charge in [0.05, 0.1) is 5.57 Å². The van der Waals surface area contributed by atoms with Crippen LogP contribution in [0, 0.1) is 0 Å². The van der Waals surface area contributed by atoms with E-state index >= 15 is 0 Å². The van der Waals surface area contributed by atoms with Crippen molar-refractivity contribution in [3.05, 3.63) is 11.4 Å². The maximum absolute atomic E-state index is 12.2. The molecule has 0 bridgehead atoms. The van der Waals surface area contributed by atoms with E-state index in [1.807, 2.05) is 0 Å². The number of halogens is 9. The molecule has 1 unspecified atom stereocenters. The monoisotopic (exact) mass is 244 g/mol. The molecule has 1 rings (SSSR count). The van der Waals surface area contributed by atoms with Crippen LogP contribution < -0.4 is 0 Å². The summed E-state index contributed by atoms with van der Waals surface area (Å²) in [6.45, 7) is 0. The molecular weight excluding hydrogens is 243 g/mol. The van der Waals surface area contributed by atoms with Gasteiger partial charge in [-0.2, -0.15) is 30.7 Å². The van der Waals surface area contributed by atoms with E-state index in [0.29, 0.717) is 0 Å². The van der Waals surface area contributed by atoms with Crippen molar-refractivity contribution in [3.8, 4) is 0 Å². The van der Waals surface area contributed by atoms with Gasteiger partial charge in [-0.05, 0) is 0 Å². The van der Waals surface area contributed by atoms with Crippen LogP contribution >= 0.6 is 0 Å². The molecule has 0 aliphatic heterocycles. The molecule has 0 saturated carbocycles. The van der Waals surface area contributed by atoms with E-state index in [-0.39, 0.29) is 0 Å². The van der Waals surface area contributed by atoms with Gasteiger partial charge in [0.25, 0.3) is 0 Å². The van der Waals surface area contributed by atoms with Crippen molar-refractivity contribution in [2.45, 2.75) is 24.2 Å². The molecule has 0 fully saturated rings. The predicted octanol–water partition coefficient (Wildman–Crippen LogP) is 3.39. The first kappa shape index (κ1) is 12.2. The highest BCUT2D eigenvalue weighted by Crippen LogP contribution is 2.59. The van der Waals surface area contributed by atoms with Gasteiger partial charge in [-0.25, -0.2) is 8.78 Å². The van der Waals surface area contributed by atoms with E-state index in [9.17, 15) is 39.5 Å². The minimum Gasteiger partial charge on any atom is -0.232 e. The van der Waals surface area contributed by atoms with Crippen LogP contribution in [0.1, 0.15) is 0 Å². The molecule has 0 aromatic rings. The van der Waals surface area contributed by atoms with Crippen LogP contribution in [0.4, 0.5) is 39.5 Å². The van der Waals surface area contributed by atoms with Crippen molar-refractivity contribution in [1.29, 1.82) is 0 Å². The third-order valence-electron chi connectivity index (χ3n) is 1.79. The van der Waals surface area contributed by atoms with E-state index in [4.69, 9.17) is 0 Å². The first-order valence-electron chi connectivity index (χ1n) is 3.31. The van der Waals surface area contributed by atoms with Crippen LogP contribution in [0.5, 0.6) is 0 Å². The van der Waals surface area contributed by atoms with Crippen LogP contribution in [0.2, 0.25) is 0 Å². The van der Waals surface area contributed by atoms with E-state index in [2.05, 4.69) is 0 Å². The maximum Gasteiger partial charge on any atom is 0.423 e. The Labute approximate surface area is 76.4 Å². The molecule has 1 aliphatic carbocycles. The summed E-state index contributed by atoms with van der Waals surface area (Å²) in [7, 11) is 0. The fourth-order valence-corrected chi connectivity index (χ4v) is 0.986. The lowest BCUT2D eigenvalue weighted by molar-refractivity contribution is -0.236. The van der Waals surface area contributed by atoms with Gasteiger partial charge in [-0.1, -0.05) is 0 Å². The number of allylic oxidation sites excluding steroid dienone is 2. The summed E-state index contributed by atoms with van der Waals surface area (Å²) in [5, 5.41) is 0. The quantitative estimate of drug-likeness (QED) is 0.620. The minimum atomic E-state index is -5.84. The molecular formula is C6HF9. The minimum absolute atomic E-state index is 2.85. The highest BCUT2D eigenvalue weighted by molar-refractivity contribution is 5.42. The molecule has 0 N–H and O–H groups in total. The molecule has 0 aromatic carbocycles. The van der Waals surface area contributed by atoms with E-state index in [1.165, 1.54) is 0 Å². The average Bonchev–Trinajstić information content (AvgIpc) is 2.01. The fraction of sp³-hybridized carbons (Fsp3) is 0.667. The van der Waals surface area contributed by atoms with Crippen molar-refractivity contribution < 1.29 is 39.5 Å². The van der Waals surface area contributed by atoms with Crippen molar-refractivity contribution in [1.82, 2.24) is 0 Å². The summed E-state index contributed by atoms with van der Waals surface area (Å²) in [5.74, 6) is -13.9. The summed E-state index contributed by atoms with van der Waals surface area (Å²) in [4.78, 5) is 0. The van der Waals surface area contributed by atoms with Gasteiger partial charge in [-0.3, -0.25) is 0 Å². The number of rotatable bonds is 1. The first-order chi connectivity index (χ1) is 6.44. The Morgan fingerprint density at radius 1 is 0.933 bits per heavy atom. The van der Waals surface area contributed by atoms with E-state index < -0.39 is 35.6 Å². The summed E-state index contributed by atoms with van der Waals surface area (Å²) in [6, 6.07) is 0. The molecule has 1 atom stereocenters. The summed E-state index contributed by atoms with van der Waals surface area (Å²) < 4.78 is 107. The number of alkyl halides is 8. The van der Waals surface area contributed by atoms with Crippen LogP contribution in [0.3, 0.4) is 0 Å². The molecule has 88 valence electrons. The Kier molecular flexibility index (Phi) is 2.29. The van der Waals surface area contributed by atoms with Crippen LogP contribution in [-0.4, -0.2) is 24.2 Å². The van der Waals surface area contributed by atoms with Gasteiger partial charge in [0.2, 0.25) is 6.17 Å². The van der Waals surface area contributed by atoms with Crippen molar-refractivity contribution in [2.75, 3.05) is 0 Å². The van der Waals surface area contributed by atoms with E-state index in [1.54, 1.807) is 0 Å². The fourth-order valence-electron chi connectivity index (χ4n) is 0.986. The SMILES string of the molecule is FC1=C(C(F)C(F)(F)F)C(F)(F)C1(F)F. The van der Waals surface area contributed by atoms with Gasteiger partial charge in [0, 0.05) is 0 Å². The number of hydrogen-bond acceptors (Lipinski definition) is 0. The zero-order valence-corrected chi connectivity index (χ0v) is 6.48. The molecule has 0 radical (unpaired) electrons. The van der Waals surface area contributed by atoms with Gasteiger partial charge in [0.1, 0.15) is 0 Å². The average molecular weight is 244 g/mol. The Morgan fingerprint density at radius 3 is 1.60 bits per heavy atom. The number of hydrogen-bond donors (Lipinski definition) is 0. The first-order valence-corrected chi connectivity index (χ1v) is 3.31. The summed E-state index contributed by atoms with van der Waals surface area (Å²) in [6.07, 6.45) is -10.3. The highest BCUT2D eigenvalue weighted by Gasteiger charge is 2.76. The summed E-state index contributed by atoms with van der Waals surface area (Å²) in [5.41, 5.74) is -2.85. The van der Waals surface area contributed by atoms with Crippen molar-refractivity contribution in [2.24, 2.45) is 0 Å². The molecule has 1 aliphatic rings. The third kappa shape index (κ3) is 1.39. The Bertz CT molecular complexity index is 309. The van der Waals surface area contributed by atoms with Gasteiger partial charge >= 0.3 is 18.0 Å². The summed E-state index contributed by atoms with van der Waals surface area (Å²) >= 11 is 0. The standard InChI is InChI=1S/C6HF9/c7-2-1(3(8)6(13,14)15)4(9,10)5(2,11)12/h3H. The van der Waals surface area contributed by atoms with Gasteiger partial charge in [-0.15, -0.1) is 0 Å². The normalized spacial score (nSPS) is 26.2. The molecule has 0 nitrogen and oxygen atoms in total. The Morgan fingerprint density at radius 2 is 1.33 bits per heavy atom. The molecule has 0 heterocycles. The molecule has 0 spiro atoms. The van der Waals surface area contributed by atoms with Gasteiger partial charge in [0.15, 0.2) is 5.83 Å². The second kappa shape index (κ2) is 2.82.